The molecular weight excluding hydrogens is 258 g/mol. The topological polar surface area (TPSA) is 146 Å². The SMILES string of the molecule is CCc1cc(N=[N+]=[N-])cc(CC)c1C(N=[N+]=[N-])N=[N+]=[N-]. The van der Waals surface area contributed by atoms with E-state index in [0.717, 1.165) is 11.1 Å². The highest BCUT2D eigenvalue weighted by atomic mass is 15.3. The van der Waals surface area contributed by atoms with E-state index in [9.17, 15) is 0 Å². The fourth-order valence-electron chi connectivity index (χ4n) is 2.02. The van der Waals surface area contributed by atoms with Crippen LogP contribution in [-0.4, -0.2) is 0 Å². The highest BCUT2D eigenvalue weighted by Gasteiger charge is 2.16. The van der Waals surface area contributed by atoms with E-state index in [1.807, 2.05) is 13.8 Å². The van der Waals surface area contributed by atoms with Crippen molar-refractivity contribution in [1.29, 1.82) is 0 Å². The Hall–Kier alpha value is -2.85. The van der Waals surface area contributed by atoms with Crippen LogP contribution in [-0.2, 0) is 12.8 Å². The average Bonchev–Trinajstić information content (AvgIpc) is 2.46. The quantitative estimate of drug-likeness (QED) is 0.371. The lowest BCUT2D eigenvalue weighted by molar-refractivity contribution is 0.732. The number of hydrogen-bond acceptors (Lipinski definition) is 3. The molecule has 9 heteroatoms. The lowest BCUT2D eigenvalue weighted by Crippen LogP contribution is -2.02. The predicted molar refractivity (Wildman–Crippen MR) is 75.0 cm³/mol. The number of azide groups is 2. The van der Waals surface area contributed by atoms with Crippen LogP contribution >= 0.6 is 0 Å². The van der Waals surface area contributed by atoms with Crippen molar-refractivity contribution in [1.82, 2.24) is 0 Å². The van der Waals surface area contributed by atoms with Crippen molar-refractivity contribution in [2.24, 2.45) is 15.3 Å². The molecule has 20 heavy (non-hydrogen) atoms. The van der Waals surface area contributed by atoms with E-state index >= 15 is 0 Å². The Kier molecular flexibility index (Phi) is 5.75. The maximum atomic E-state index is 8.60. The molecule has 0 heterocycles. The van der Waals surface area contributed by atoms with E-state index in [0.29, 0.717) is 24.1 Å². The molecule has 0 spiro atoms. The van der Waals surface area contributed by atoms with Gasteiger partial charge in [-0.25, -0.2) is 0 Å². The summed E-state index contributed by atoms with van der Waals surface area (Å²) in [5.41, 5.74) is 28.6. The molecular formula is C11H13N9. The molecule has 0 aliphatic heterocycles. The van der Waals surface area contributed by atoms with E-state index < -0.39 is 6.17 Å². The first kappa shape index (κ1) is 15.2. The minimum absolute atomic E-state index is 0.491. The second-order valence-corrected chi connectivity index (χ2v) is 3.86. The third-order valence-electron chi connectivity index (χ3n) is 2.84. The highest BCUT2D eigenvalue weighted by molar-refractivity contribution is 5.50. The van der Waals surface area contributed by atoms with Gasteiger partial charge in [0.1, 0.15) is 6.17 Å². The average molecular weight is 271 g/mol. The summed E-state index contributed by atoms with van der Waals surface area (Å²) in [6.07, 6.45) is 0.334. The first-order chi connectivity index (χ1) is 9.71. The molecule has 0 saturated carbocycles. The fourth-order valence-corrected chi connectivity index (χ4v) is 2.02. The fraction of sp³-hybridized carbons (Fsp3) is 0.455. The van der Waals surface area contributed by atoms with E-state index in [-0.39, 0.29) is 0 Å². The largest absolute Gasteiger partial charge is 0.141 e. The van der Waals surface area contributed by atoms with Gasteiger partial charge in [0.2, 0.25) is 0 Å². The van der Waals surface area contributed by atoms with Crippen molar-refractivity contribution in [2.75, 3.05) is 0 Å². The maximum absolute atomic E-state index is 8.60. The number of nitrogens with zero attached hydrogens (tertiary/aromatic N) is 9. The molecule has 0 unspecified atom stereocenters. The molecule has 0 atom stereocenters. The zero-order chi connectivity index (χ0) is 15.0. The Bertz CT molecular complexity index is 588. The summed E-state index contributed by atoms with van der Waals surface area (Å²) in [6.45, 7) is 3.84. The first-order valence-electron chi connectivity index (χ1n) is 6.00. The van der Waals surface area contributed by atoms with Crippen LogP contribution in [0, 0.1) is 0 Å². The molecule has 0 aromatic heterocycles. The van der Waals surface area contributed by atoms with E-state index in [1.165, 1.54) is 0 Å². The van der Waals surface area contributed by atoms with Crippen LogP contribution < -0.4 is 0 Å². The van der Waals surface area contributed by atoms with E-state index in [1.54, 1.807) is 12.1 Å². The molecule has 0 amide bonds. The molecule has 0 saturated heterocycles. The van der Waals surface area contributed by atoms with Gasteiger partial charge in [0.15, 0.2) is 0 Å². The Morgan fingerprint density at radius 1 is 0.950 bits per heavy atom. The lowest BCUT2D eigenvalue weighted by atomic mass is 9.95. The summed E-state index contributed by atoms with van der Waals surface area (Å²) >= 11 is 0. The second kappa shape index (κ2) is 7.56. The molecule has 102 valence electrons. The summed E-state index contributed by atoms with van der Waals surface area (Å²) in [7, 11) is 0. The van der Waals surface area contributed by atoms with Gasteiger partial charge in [0, 0.05) is 20.4 Å². The summed E-state index contributed by atoms with van der Waals surface area (Å²) in [6, 6.07) is 3.42. The van der Waals surface area contributed by atoms with Crippen LogP contribution in [0.2, 0.25) is 0 Å². The van der Waals surface area contributed by atoms with Crippen LogP contribution in [0.3, 0.4) is 0 Å². The minimum atomic E-state index is -0.935. The van der Waals surface area contributed by atoms with E-state index in [2.05, 4.69) is 30.1 Å². The molecule has 0 aliphatic rings. The predicted octanol–water partition coefficient (Wildman–Crippen LogP) is 5.37. The molecule has 1 aromatic carbocycles. The zero-order valence-electron chi connectivity index (χ0n) is 11.2. The molecule has 0 aliphatic carbocycles. The number of aryl methyl sites for hydroxylation is 2. The maximum Gasteiger partial charge on any atom is 0.141 e. The molecule has 1 aromatic rings. The molecule has 0 radical (unpaired) electrons. The number of rotatable bonds is 6. The van der Waals surface area contributed by atoms with Crippen molar-refractivity contribution in [3.63, 3.8) is 0 Å². The van der Waals surface area contributed by atoms with Gasteiger partial charge in [-0.05, 0) is 58.3 Å². The van der Waals surface area contributed by atoms with Crippen LogP contribution in [0.4, 0.5) is 5.69 Å². The Labute approximate surface area is 115 Å². The van der Waals surface area contributed by atoms with Gasteiger partial charge in [-0.3, -0.25) is 0 Å². The third-order valence-corrected chi connectivity index (χ3v) is 2.84. The molecule has 9 nitrogen and oxygen atoms in total. The standard InChI is InChI=1S/C11H13N9/c1-3-7-5-9(15-18-12)6-8(4-2)10(7)11(16-19-13)17-20-14/h5-6,11H,3-4H2,1-2H3. The Morgan fingerprint density at radius 3 is 1.80 bits per heavy atom. The normalized spacial score (nSPS) is 10.7. The van der Waals surface area contributed by atoms with Gasteiger partial charge < -0.3 is 0 Å². The first-order valence-corrected chi connectivity index (χ1v) is 6.00. The number of hydrogen-bond donors (Lipinski definition) is 0. The van der Waals surface area contributed by atoms with Crippen molar-refractivity contribution in [3.05, 3.63) is 60.2 Å². The third kappa shape index (κ3) is 3.34. The van der Waals surface area contributed by atoms with Gasteiger partial charge in [-0.2, -0.15) is 0 Å². The summed E-state index contributed by atoms with van der Waals surface area (Å²) in [5, 5.41) is 10.7. The summed E-state index contributed by atoms with van der Waals surface area (Å²) < 4.78 is 0. The van der Waals surface area contributed by atoms with Crippen LogP contribution in [0.25, 0.3) is 31.3 Å². The van der Waals surface area contributed by atoms with Crippen LogP contribution in [0.15, 0.2) is 27.5 Å². The van der Waals surface area contributed by atoms with Crippen LogP contribution in [0.1, 0.15) is 36.7 Å². The van der Waals surface area contributed by atoms with Crippen molar-refractivity contribution >= 4 is 5.69 Å². The second-order valence-electron chi connectivity index (χ2n) is 3.86. The molecule has 0 bridgehead atoms. The number of benzene rings is 1. The summed E-state index contributed by atoms with van der Waals surface area (Å²) in [5.74, 6) is 0. The van der Waals surface area contributed by atoms with Gasteiger partial charge in [0.05, 0.1) is 0 Å². The Balaban J connectivity index is 3.60. The van der Waals surface area contributed by atoms with E-state index in [4.69, 9.17) is 16.6 Å². The van der Waals surface area contributed by atoms with Gasteiger partial charge in [0.25, 0.3) is 0 Å². The van der Waals surface area contributed by atoms with Crippen molar-refractivity contribution < 1.29 is 0 Å². The van der Waals surface area contributed by atoms with Crippen molar-refractivity contribution in [3.8, 4) is 0 Å². The zero-order valence-corrected chi connectivity index (χ0v) is 11.2. The molecule has 0 N–H and O–H groups in total. The Morgan fingerprint density at radius 2 is 1.45 bits per heavy atom. The van der Waals surface area contributed by atoms with Crippen LogP contribution in [0.5, 0.6) is 0 Å². The molecule has 0 fully saturated rings. The van der Waals surface area contributed by atoms with Gasteiger partial charge in [-0.15, -0.1) is 0 Å². The monoisotopic (exact) mass is 271 g/mol. The lowest BCUT2D eigenvalue weighted by Gasteiger charge is -2.16. The molecule has 1 rings (SSSR count). The highest BCUT2D eigenvalue weighted by Crippen LogP contribution is 2.32. The summed E-state index contributed by atoms with van der Waals surface area (Å²) in [4.78, 5) is 8.20. The van der Waals surface area contributed by atoms with Gasteiger partial charge in [-0.1, -0.05) is 29.2 Å². The smallest absolute Gasteiger partial charge is 0.0798 e. The van der Waals surface area contributed by atoms with Gasteiger partial charge >= 0.3 is 0 Å². The minimum Gasteiger partial charge on any atom is -0.0798 e. The van der Waals surface area contributed by atoms with Crippen molar-refractivity contribution in [2.45, 2.75) is 32.9 Å².